The summed E-state index contributed by atoms with van der Waals surface area (Å²) in [5.74, 6) is 0.161. The van der Waals surface area contributed by atoms with Gasteiger partial charge in [-0.05, 0) is 42.9 Å². The van der Waals surface area contributed by atoms with Crippen LogP contribution >= 0.6 is 0 Å². The van der Waals surface area contributed by atoms with Crippen molar-refractivity contribution in [1.82, 2.24) is 0 Å². The Morgan fingerprint density at radius 2 is 1.83 bits per heavy atom. The molecule has 1 aromatic carbocycles. The van der Waals surface area contributed by atoms with Gasteiger partial charge in [-0.3, -0.25) is 4.79 Å². The molecule has 1 N–H and O–H groups in total. The summed E-state index contributed by atoms with van der Waals surface area (Å²) in [6.07, 6.45) is 5.50. The quantitative estimate of drug-likeness (QED) is 0.236. The van der Waals surface area contributed by atoms with Crippen LogP contribution < -0.4 is 0 Å². The first kappa shape index (κ1) is 31.3. The van der Waals surface area contributed by atoms with Gasteiger partial charge in [-0.15, -0.1) is 0 Å². The van der Waals surface area contributed by atoms with Crippen LogP contribution in [0.15, 0.2) is 35.9 Å². The second kappa shape index (κ2) is 16.1. The Balaban J connectivity index is 2.87. The first-order chi connectivity index (χ1) is 16.6. The highest BCUT2D eigenvalue weighted by Crippen LogP contribution is 2.32. The van der Waals surface area contributed by atoms with Crippen LogP contribution in [0.4, 0.5) is 0 Å². The Labute approximate surface area is 213 Å². The molecule has 6 nitrogen and oxygen atoms in total. The van der Waals surface area contributed by atoms with Gasteiger partial charge in [-0.25, -0.2) is 0 Å². The van der Waals surface area contributed by atoms with Crippen molar-refractivity contribution >= 4 is 5.97 Å². The zero-order valence-corrected chi connectivity index (χ0v) is 23.1. The lowest BCUT2D eigenvalue weighted by Gasteiger charge is -2.34. The Hall–Kier alpha value is -1.73. The molecule has 1 aromatic rings. The fraction of sp³-hybridized carbons (Fsp3) is 0.690. The lowest BCUT2D eigenvalue weighted by Crippen LogP contribution is -2.38. The van der Waals surface area contributed by atoms with Crippen LogP contribution in [0.25, 0.3) is 0 Å². The van der Waals surface area contributed by atoms with Gasteiger partial charge in [-0.2, -0.15) is 0 Å². The summed E-state index contributed by atoms with van der Waals surface area (Å²) in [6.45, 7) is 9.05. The number of esters is 1. The van der Waals surface area contributed by atoms with Gasteiger partial charge in [0.2, 0.25) is 0 Å². The summed E-state index contributed by atoms with van der Waals surface area (Å²) in [7, 11) is 6.55. The van der Waals surface area contributed by atoms with E-state index in [9.17, 15) is 9.90 Å². The van der Waals surface area contributed by atoms with E-state index < -0.39 is 11.5 Å². The lowest BCUT2D eigenvalue weighted by atomic mass is 9.76. The maximum absolute atomic E-state index is 11.4. The van der Waals surface area contributed by atoms with E-state index in [-0.39, 0.29) is 18.2 Å². The monoisotopic (exact) mass is 492 g/mol. The van der Waals surface area contributed by atoms with E-state index in [1.54, 1.807) is 21.3 Å². The summed E-state index contributed by atoms with van der Waals surface area (Å²) in [4.78, 5) is 11.4. The van der Waals surface area contributed by atoms with Gasteiger partial charge in [0.15, 0.2) is 0 Å². The van der Waals surface area contributed by atoms with E-state index in [2.05, 4.69) is 52.0 Å². The molecular formula is C29H48O6. The van der Waals surface area contributed by atoms with Crippen molar-refractivity contribution in [1.29, 1.82) is 0 Å². The number of ether oxygens (including phenoxy) is 4. The van der Waals surface area contributed by atoms with Gasteiger partial charge in [-0.1, -0.05) is 51.1 Å². The Morgan fingerprint density at radius 3 is 2.40 bits per heavy atom. The number of carbonyl (C=O) groups is 1. The third-order valence-corrected chi connectivity index (χ3v) is 7.07. The fourth-order valence-electron chi connectivity index (χ4n) is 4.38. The molecule has 0 aromatic heterocycles. The van der Waals surface area contributed by atoms with Gasteiger partial charge in [0, 0.05) is 51.9 Å². The minimum atomic E-state index is -0.601. The maximum atomic E-state index is 11.4. The molecule has 0 aliphatic heterocycles. The highest BCUT2D eigenvalue weighted by molar-refractivity contribution is 5.69. The van der Waals surface area contributed by atoms with E-state index in [1.807, 2.05) is 6.07 Å². The number of hydrogen-bond acceptors (Lipinski definition) is 6. The number of hydrogen-bond donors (Lipinski definition) is 1. The molecule has 0 aliphatic rings. The van der Waals surface area contributed by atoms with Crippen LogP contribution in [0.2, 0.25) is 0 Å². The van der Waals surface area contributed by atoms with E-state index >= 15 is 0 Å². The summed E-state index contributed by atoms with van der Waals surface area (Å²) < 4.78 is 21.6. The van der Waals surface area contributed by atoms with Gasteiger partial charge < -0.3 is 24.1 Å². The summed E-state index contributed by atoms with van der Waals surface area (Å²) >= 11 is 0. The molecule has 0 heterocycles. The minimum Gasteiger partial charge on any atom is -0.469 e. The van der Waals surface area contributed by atoms with Gasteiger partial charge in [0.05, 0.1) is 32.0 Å². The number of rotatable bonds is 17. The molecule has 0 unspecified atom stereocenters. The molecule has 0 spiro atoms. The predicted molar refractivity (Wildman–Crippen MR) is 141 cm³/mol. The van der Waals surface area contributed by atoms with Crippen molar-refractivity contribution in [3.8, 4) is 0 Å². The molecule has 0 fully saturated rings. The van der Waals surface area contributed by atoms with Gasteiger partial charge >= 0.3 is 5.97 Å². The molecule has 0 saturated carbocycles. The average molecular weight is 493 g/mol. The molecular weight excluding hydrogens is 444 g/mol. The van der Waals surface area contributed by atoms with Crippen molar-refractivity contribution in [2.45, 2.75) is 89.9 Å². The van der Waals surface area contributed by atoms with Gasteiger partial charge in [0.25, 0.3) is 0 Å². The van der Waals surface area contributed by atoms with Crippen LogP contribution in [0.1, 0.15) is 70.9 Å². The van der Waals surface area contributed by atoms with Crippen molar-refractivity contribution < 1.29 is 28.8 Å². The molecule has 35 heavy (non-hydrogen) atoms. The smallest absolute Gasteiger partial charge is 0.305 e. The van der Waals surface area contributed by atoms with Gasteiger partial charge in [0.1, 0.15) is 0 Å². The molecule has 0 saturated heterocycles. The largest absolute Gasteiger partial charge is 0.469 e. The molecule has 6 heteroatoms. The van der Waals surface area contributed by atoms with Crippen molar-refractivity contribution in [3.63, 3.8) is 0 Å². The highest BCUT2D eigenvalue weighted by Gasteiger charge is 2.33. The van der Waals surface area contributed by atoms with Crippen molar-refractivity contribution in [2.24, 2.45) is 5.92 Å². The van der Waals surface area contributed by atoms with E-state index in [1.165, 1.54) is 7.11 Å². The first-order valence-corrected chi connectivity index (χ1v) is 12.7. The fourth-order valence-corrected chi connectivity index (χ4v) is 4.38. The summed E-state index contributed by atoms with van der Waals surface area (Å²) in [5.41, 5.74) is 2.91. The van der Waals surface area contributed by atoms with E-state index in [0.717, 1.165) is 36.0 Å². The molecule has 4 atom stereocenters. The maximum Gasteiger partial charge on any atom is 0.305 e. The number of benzene rings is 1. The lowest BCUT2D eigenvalue weighted by molar-refractivity contribution is -0.140. The van der Waals surface area contributed by atoms with Crippen LogP contribution in [0.5, 0.6) is 0 Å². The number of carbonyl (C=O) groups excluding carboxylic acids is 1. The predicted octanol–water partition coefficient (Wildman–Crippen LogP) is 5.25. The van der Waals surface area contributed by atoms with Crippen LogP contribution in [0.3, 0.4) is 0 Å². The Bertz CT molecular complexity index is 772. The third-order valence-electron chi connectivity index (χ3n) is 7.07. The first-order valence-electron chi connectivity index (χ1n) is 12.7. The topological polar surface area (TPSA) is 74.2 Å². The second-order valence-corrected chi connectivity index (χ2v) is 9.96. The number of aliphatic hydroxyl groups is 1. The number of aryl methyl sites for hydroxylation is 1. The average Bonchev–Trinajstić information content (AvgIpc) is 2.85. The van der Waals surface area contributed by atoms with Crippen LogP contribution in [0, 0.1) is 5.92 Å². The highest BCUT2D eigenvalue weighted by atomic mass is 16.5. The molecule has 0 amide bonds. The Kier molecular flexibility index (Phi) is 14.4. The molecule has 0 aliphatic carbocycles. The number of aliphatic hydroxyl groups excluding tert-OH is 1. The van der Waals surface area contributed by atoms with Crippen molar-refractivity contribution in [2.75, 3.05) is 35.0 Å². The number of methoxy groups -OCH3 is 4. The zero-order chi connectivity index (χ0) is 26.4. The van der Waals surface area contributed by atoms with Crippen LogP contribution in [-0.2, 0) is 35.6 Å². The van der Waals surface area contributed by atoms with Crippen molar-refractivity contribution in [3.05, 3.63) is 47.0 Å². The molecule has 200 valence electrons. The van der Waals surface area contributed by atoms with E-state index in [0.29, 0.717) is 31.8 Å². The van der Waals surface area contributed by atoms with E-state index in [4.69, 9.17) is 18.9 Å². The molecule has 1 rings (SSSR count). The summed E-state index contributed by atoms with van der Waals surface area (Å²) in [6, 6.07) is 8.27. The van der Waals surface area contributed by atoms with Crippen LogP contribution in [-0.4, -0.2) is 64.4 Å². The molecule has 0 bridgehead atoms. The minimum absolute atomic E-state index is 0.0840. The SMILES string of the molecule is CC[C@H](/C=C(/C)[C@H](C[C@H](C[C@H](O)C(C)(C)c1cccc(CCCC(=O)OC)c1)OC)OC)COC. The second-order valence-electron chi connectivity index (χ2n) is 9.96. The molecule has 0 radical (unpaired) electrons. The standard InChI is InChI=1S/C29H48O6/c1-9-22(20-32-5)16-21(2)26(34-7)18-25(33-6)19-27(30)29(3,4)24-14-10-12-23(17-24)13-11-15-28(31)35-8/h10,12,14,16-17,22,25-27,30H,9,11,13,15,18-20H2,1-8H3/b21-16-/t22-,25-,26+,27+/m1/s1. The summed E-state index contributed by atoms with van der Waals surface area (Å²) in [5, 5.41) is 11.3. The third kappa shape index (κ3) is 10.4. The zero-order valence-electron chi connectivity index (χ0n) is 23.1. The normalized spacial score (nSPS) is 16.0. The Morgan fingerprint density at radius 1 is 1.11 bits per heavy atom.